The fourth-order valence-electron chi connectivity index (χ4n) is 1.76. The average molecular weight is 260 g/mol. The Labute approximate surface area is 110 Å². The molecule has 98 valence electrons. The Balaban J connectivity index is 2.29. The fourth-order valence-corrected chi connectivity index (χ4v) is 1.76. The summed E-state index contributed by atoms with van der Waals surface area (Å²) in [6.07, 6.45) is -1.52. The highest BCUT2D eigenvalue weighted by atomic mass is 19.1. The van der Waals surface area contributed by atoms with E-state index in [9.17, 15) is 14.3 Å². The standard InChI is InChI=1S/C15H13FO3/c1-19-11-7-8-12(13(16)9-11)15(18)14(17)10-5-3-2-4-6-10/h2-9,15,18H,1H3. The number of benzene rings is 2. The van der Waals surface area contributed by atoms with E-state index in [-0.39, 0.29) is 5.56 Å². The van der Waals surface area contributed by atoms with Crippen LogP contribution in [-0.4, -0.2) is 18.0 Å². The van der Waals surface area contributed by atoms with Crippen molar-refractivity contribution in [1.82, 2.24) is 0 Å². The number of ether oxygens (including phenoxy) is 1. The number of aliphatic hydroxyl groups is 1. The zero-order valence-electron chi connectivity index (χ0n) is 10.3. The van der Waals surface area contributed by atoms with Gasteiger partial charge < -0.3 is 9.84 Å². The van der Waals surface area contributed by atoms with Crippen molar-refractivity contribution in [2.24, 2.45) is 0 Å². The van der Waals surface area contributed by atoms with Crippen LogP contribution in [0.3, 0.4) is 0 Å². The van der Waals surface area contributed by atoms with Gasteiger partial charge >= 0.3 is 0 Å². The van der Waals surface area contributed by atoms with E-state index in [2.05, 4.69) is 0 Å². The molecule has 1 atom stereocenters. The summed E-state index contributed by atoms with van der Waals surface area (Å²) in [5.74, 6) is -0.874. The molecule has 0 aliphatic heterocycles. The molecule has 1 unspecified atom stereocenters. The highest BCUT2D eigenvalue weighted by Gasteiger charge is 2.22. The lowest BCUT2D eigenvalue weighted by atomic mass is 9.99. The molecule has 0 saturated carbocycles. The number of methoxy groups -OCH3 is 1. The number of halogens is 1. The van der Waals surface area contributed by atoms with E-state index in [0.29, 0.717) is 11.3 Å². The molecule has 0 spiro atoms. The van der Waals surface area contributed by atoms with Gasteiger partial charge in [0.05, 0.1) is 7.11 Å². The molecule has 0 fully saturated rings. The summed E-state index contributed by atoms with van der Waals surface area (Å²) in [7, 11) is 1.42. The number of aliphatic hydroxyl groups excluding tert-OH is 1. The van der Waals surface area contributed by atoms with Crippen LogP contribution < -0.4 is 4.74 Å². The summed E-state index contributed by atoms with van der Waals surface area (Å²) in [6.45, 7) is 0. The van der Waals surface area contributed by atoms with Gasteiger partial charge in [-0.2, -0.15) is 0 Å². The quantitative estimate of drug-likeness (QED) is 0.860. The predicted octanol–water partition coefficient (Wildman–Crippen LogP) is 2.75. The van der Waals surface area contributed by atoms with Gasteiger partial charge in [0.1, 0.15) is 17.7 Å². The molecule has 19 heavy (non-hydrogen) atoms. The summed E-state index contributed by atoms with van der Waals surface area (Å²) < 4.78 is 18.6. The van der Waals surface area contributed by atoms with Crippen LogP contribution >= 0.6 is 0 Å². The van der Waals surface area contributed by atoms with Gasteiger partial charge in [0.2, 0.25) is 0 Å². The number of ketones is 1. The zero-order valence-corrected chi connectivity index (χ0v) is 10.3. The summed E-state index contributed by atoms with van der Waals surface area (Å²) in [5.41, 5.74) is 0.278. The van der Waals surface area contributed by atoms with Gasteiger partial charge in [-0.15, -0.1) is 0 Å². The van der Waals surface area contributed by atoms with Crippen LogP contribution in [0.4, 0.5) is 4.39 Å². The van der Waals surface area contributed by atoms with Crippen molar-refractivity contribution in [2.45, 2.75) is 6.10 Å². The maximum atomic E-state index is 13.8. The molecule has 0 aliphatic carbocycles. The van der Waals surface area contributed by atoms with Crippen LogP contribution in [0.15, 0.2) is 48.5 Å². The molecular formula is C15H13FO3. The monoisotopic (exact) mass is 260 g/mol. The zero-order chi connectivity index (χ0) is 13.8. The van der Waals surface area contributed by atoms with Crippen LogP contribution in [0.1, 0.15) is 22.0 Å². The second-order valence-corrected chi connectivity index (χ2v) is 4.02. The van der Waals surface area contributed by atoms with E-state index in [0.717, 1.165) is 6.07 Å². The Morgan fingerprint density at radius 1 is 1.21 bits per heavy atom. The van der Waals surface area contributed by atoms with Crippen molar-refractivity contribution in [3.8, 4) is 5.75 Å². The fraction of sp³-hybridized carbons (Fsp3) is 0.133. The summed E-state index contributed by atoms with van der Waals surface area (Å²) in [5, 5.41) is 9.96. The van der Waals surface area contributed by atoms with Gasteiger partial charge in [-0.1, -0.05) is 30.3 Å². The van der Waals surface area contributed by atoms with Crippen molar-refractivity contribution < 1.29 is 19.0 Å². The van der Waals surface area contributed by atoms with Crippen LogP contribution in [0.5, 0.6) is 5.75 Å². The summed E-state index contributed by atoms with van der Waals surface area (Å²) in [6, 6.07) is 12.3. The summed E-state index contributed by atoms with van der Waals surface area (Å²) in [4.78, 5) is 12.0. The second kappa shape index (κ2) is 5.63. The van der Waals surface area contributed by atoms with E-state index in [4.69, 9.17) is 4.74 Å². The molecule has 0 heterocycles. The van der Waals surface area contributed by atoms with Gasteiger partial charge in [-0.3, -0.25) is 4.79 Å². The minimum Gasteiger partial charge on any atom is -0.497 e. The highest BCUT2D eigenvalue weighted by molar-refractivity contribution is 5.99. The molecule has 0 amide bonds. The van der Waals surface area contributed by atoms with E-state index >= 15 is 0 Å². The van der Waals surface area contributed by atoms with Crippen molar-refractivity contribution in [3.05, 3.63) is 65.5 Å². The van der Waals surface area contributed by atoms with Gasteiger partial charge in [0.15, 0.2) is 5.78 Å². The first-order valence-corrected chi connectivity index (χ1v) is 5.74. The van der Waals surface area contributed by atoms with E-state index in [1.54, 1.807) is 30.3 Å². The topological polar surface area (TPSA) is 46.5 Å². The maximum absolute atomic E-state index is 13.8. The molecule has 0 saturated heterocycles. The lowest BCUT2D eigenvalue weighted by Gasteiger charge is -2.12. The number of rotatable bonds is 4. The SMILES string of the molecule is COc1ccc(C(O)C(=O)c2ccccc2)c(F)c1. The molecule has 3 nitrogen and oxygen atoms in total. The average Bonchev–Trinajstić information content (AvgIpc) is 2.46. The normalized spacial score (nSPS) is 11.9. The molecule has 0 radical (unpaired) electrons. The van der Waals surface area contributed by atoms with Crippen molar-refractivity contribution in [1.29, 1.82) is 0 Å². The first-order chi connectivity index (χ1) is 9.13. The minimum atomic E-state index is -1.52. The predicted molar refractivity (Wildman–Crippen MR) is 68.7 cm³/mol. The van der Waals surface area contributed by atoms with Gasteiger partial charge in [-0.05, 0) is 12.1 Å². The van der Waals surface area contributed by atoms with Gasteiger partial charge in [-0.25, -0.2) is 4.39 Å². The molecule has 4 heteroatoms. The molecule has 0 aromatic heterocycles. The van der Waals surface area contributed by atoms with Crippen molar-refractivity contribution >= 4 is 5.78 Å². The largest absolute Gasteiger partial charge is 0.497 e. The van der Waals surface area contributed by atoms with E-state index in [1.807, 2.05) is 0 Å². The molecule has 0 aliphatic rings. The number of carbonyl (C=O) groups is 1. The Morgan fingerprint density at radius 2 is 1.89 bits per heavy atom. The number of hydrogen-bond acceptors (Lipinski definition) is 3. The Bertz CT molecular complexity index is 581. The number of hydrogen-bond donors (Lipinski definition) is 1. The van der Waals surface area contributed by atoms with Crippen molar-refractivity contribution in [3.63, 3.8) is 0 Å². The smallest absolute Gasteiger partial charge is 0.195 e. The van der Waals surface area contributed by atoms with Crippen LogP contribution in [-0.2, 0) is 0 Å². The molecule has 2 aromatic carbocycles. The van der Waals surface area contributed by atoms with Crippen LogP contribution in [0.25, 0.3) is 0 Å². The third kappa shape index (κ3) is 2.80. The van der Waals surface area contributed by atoms with Gasteiger partial charge in [0.25, 0.3) is 0 Å². The summed E-state index contributed by atoms with van der Waals surface area (Å²) >= 11 is 0. The lowest BCUT2D eigenvalue weighted by molar-refractivity contribution is 0.0740. The van der Waals surface area contributed by atoms with E-state index < -0.39 is 17.7 Å². The minimum absolute atomic E-state index is 0.0605. The second-order valence-electron chi connectivity index (χ2n) is 4.02. The lowest BCUT2D eigenvalue weighted by Crippen LogP contribution is -2.13. The van der Waals surface area contributed by atoms with Crippen LogP contribution in [0.2, 0.25) is 0 Å². The Kier molecular flexibility index (Phi) is 3.92. The van der Waals surface area contributed by atoms with Gasteiger partial charge in [0, 0.05) is 17.2 Å². The van der Waals surface area contributed by atoms with E-state index in [1.165, 1.54) is 19.2 Å². The van der Waals surface area contributed by atoms with Crippen LogP contribution in [0, 0.1) is 5.82 Å². The third-order valence-electron chi connectivity index (χ3n) is 2.81. The number of Topliss-reactive ketones (excluding diaryl/α,β-unsaturated/α-hetero) is 1. The highest BCUT2D eigenvalue weighted by Crippen LogP contribution is 2.24. The number of carbonyl (C=O) groups excluding carboxylic acids is 1. The molecule has 2 rings (SSSR count). The third-order valence-corrected chi connectivity index (χ3v) is 2.81. The first kappa shape index (κ1) is 13.2. The molecular weight excluding hydrogens is 247 g/mol. The maximum Gasteiger partial charge on any atom is 0.195 e. The molecule has 1 N–H and O–H groups in total. The first-order valence-electron chi connectivity index (χ1n) is 5.74. The molecule has 2 aromatic rings. The molecule has 0 bridgehead atoms. The van der Waals surface area contributed by atoms with Crippen molar-refractivity contribution in [2.75, 3.05) is 7.11 Å². The Hall–Kier alpha value is -2.20. The Morgan fingerprint density at radius 3 is 2.47 bits per heavy atom.